The van der Waals surface area contributed by atoms with Gasteiger partial charge in [0.2, 0.25) is 5.91 Å². The highest BCUT2D eigenvalue weighted by molar-refractivity contribution is 5.98. The van der Waals surface area contributed by atoms with Crippen molar-refractivity contribution in [2.45, 2.75) is 32.8 Å². The molecule has 6 nitrogen and oxygen atoms in total. The maximum Gasteiger partial charge on any atom is 0.254 e. The summed E-state index contributed by atoms with van der Waals surface area (Å²) in [7, 11) is 0. The molecule has 0 aromatic heterocycles. The topological polar surface area (TPSA) is 61.9 Å². The molecule has 0 bridgehead atoms. The van der Waals surface area contributed by atoms with Gasteiger partial charge in [0, 0.05) is 11.3 Å². The Kier molecular flexibility index (Phi) is 6.04. The number of anilines is 1. The molecule has 2 aliphatic rings. The maximum atomic E-state index is 12.9. The Bertz CT molecular complexity index is 931. The molecule has 2 aromatic rings. The number of hydrogen-bond acceptors (Lipinski definition) is 4. The van der Waals surface area contributed by atoms with Gasteiger partial charge < -0.3 is 15.0 Å². The quantitative estimate of drug-likeness (QED) is 0.799. The molecule has 2 fully saturated rings. The number of hydrogen-bond donors (Lipinski definition) is 1. The Balaban J connectivity index is 1.33. The minimum atomic E-state index is -0.0332. The Morgan fingerprint density at radius 3 is 2.57 bits per heavy atom. The van der Waals surface area contributed by atoms with Crippen molar-refractivity contribution in [3.8, 4) is 5.75 Å². The normalized spacial score (nSPS) is 16.9. The van der Waals surface area contributed by atoms with E-state index in [0.717, 1.165) is 42.8 Å². The van der Waals surface area contributed by atoms with Gasteiger partial charge in [-0.15, -0.1) is 0 Å². The summed E-state index contributed by atoms with van der Waals surface area (Å²) < 4.78 is 5.95. The molecule has 0 unspecified atom stereocenters. The highest BCUT2D eigenvalue weighted by Crippen LogP contribution is 2.23. The predicted octanol–water partition coefficient (Wildman–Crippen LogP) is 3.24. The Morgan fingerprint density at radius 2 is 1.83 bits per heavy atom. The third-order valence-corrected chi connectivity index (χ3v) is 5.75. The van der Waals surface area contributed by atoms with Crippen LogP contribution < -0.4 is 10.1 Å². The molecule has 30 heavy (non-hydrogen) atoms. The number of nitrogens with one attached hydrogen (secondary N) is 1. The summed E-state index contributed by atoms with van der Waals surface area (Å²) in [4.78, 5) is 29.2. The summed E-state index contributed by atoms with van der Waals surface area (Å²) >= 11 is 0. The van der Waals surface area contributed by atoms with Gasteiger partial charge in [-0.3, -0.25) is 14.5 Å². The lowest BCUT2D eigenvalue weighted by Crippen LogP contribution is -2.56. The molecular weight excluding hydrogens is 378 g/mol. The molecule has 0 aliphatic carbocycles. The molecule has 1 N–H and O–H groups in total. The monoisotopic (exact) mass is 407 g/mol. The molecule has 2 heterocycles. The number of ether oxygens (including phenoxy) is 1. The Morgan fingerprint density at radius 1 is 1.07 bits per heavy atom. The summed E-state index contributed by atoms with van der Waals surface area (Å²) in [5.41, 5.74) is 3.40. The van der Waals surface area contributed by atoms with Crippen molar-refractivity contribution in [1.29, 1.82) is 0 Å². The molecule has 0 atom stereocenters. The lowest BCUT2D eigenvalue weighted by molar-refractivity contribution is -0.117. The van der Waals surface area contributed by atoms with E-state index in [1.165, 1.54) is 0 Å². The zero-order valence-corrected chi connectivity index (χ0v) is 17.7. The van der Waals surface area contributed by atoms with Crippen LogP contribution in [-0.2, 0) is 4.79 Å². The summed E-state index contributed by atoms with van der Waals surface area (Å²) in [6, 6.07) is 13.4. The first-order chi connectivity index (χ1) is 14.5. The highest BCUT2D eigenvalue weighted by atomic mass is 16.5. The van der Waals surface area contributed by atoms with Crippen molar-refractivity contribution in [2.24, 2.45) is 0 Å². The van der Waals surface area contributed by atoms with Crippen molar-refractivity contribution in [3.05, 3.63) is 59.2 Å². The molecule has 0 radical (unpaired) electrons. The van der Waals surface area contributed by atoms with E-state index >= 15 is 0 Å². The van der Waals surface area contributed by atoms with Crippen LogP contribution in [-0.4, -0.2) is 60.4 Å². The number of nitrogens with zero attached hydrogens (tertiary/aromatic N) is 2. The van der Waals surface area contributed by atoms with Gasteiger partial charge in [0.05, 0.1) is 19.6 Å². The fraction of sp³-hybridized carbons (Fsp3) is 0.417. The molecule has 2 aromatic carbocycles. The Hall–Kier alpha value is -2.86. The van der Waals surface area contributed by atoms with Gasteiger partial charge in [0.25, 0.3) is 5.91 Å². The Labute approximate surface area is 177 Å². The van der Waals surface area contributed by atoms with Crippen molar-refractivity contribution in [2.75, 3.05) is 38.0 Å². The molecule has 2 saturated heterocycles. The van der Waals surface area contributed by atoms with Gasteiger partial charge in [0.1, 0.15) is 11.9 Å². The number of likely N-dealkylation sites (tertiary alicyclic amines) is 2. The lowest BCUT2D eigenvalue weighted by atomic mass is 10.1. The first kappa shape index (κ1) is 20.4. The van der Waals surface area contributed by atoms with Crippen LogP contribution in [0.25, 0.3) is 0 Å². The van der Waals surface area contributed by atoms with Crippen LogP contribution in [0, 0.1) is 13.8 Å². The zero-order chi connectivity index (χ0) is 21.1. The molecule has 0 saturated carbocycles. The minimum absolute atomic E-state index is 0.0147. The minimum Gasteiger partial charge on any atom is -0.487 e. The van der Waals surface area contributed by atoms with Crippen LogP contribution in [0.15, 0.2) is 42.5 Å². The largest absolute Gasteiger partial charge is 0.487 e. The van der Waals surface area contributed by atoms with E-state index in [0.29, 0.717) is 30.9 Å². The van der Waals surface area contributed by atoms with Crippen molar-refractivity contribution in [1.82, 2.24) is 9.80 Å². The first-order valence-electron chi connectivity index (χ1n) is 10.6. The average Bonchev–Trinajstić information content (AvgIpc) is 3.18. The van der Waals surface area contributed by atoms with E-state index in [2.05, 4.69) is 10.2 Å². The maximum absolute atomic E-state index is 12.9. The average molecular weight is 408 g/mol. The van der Waals surface area contributed by atoms with E-state index in [4.69, 9.17) is 4.74 Å². The SMILES string of the molecule is Cc1cccc(OC2CN(C(=O)c3ccc(C)c(NC(=O)CN4CCCC4)c3)C2)c1. The number of carbonyl (C=O) groups excluding carboxylic acids is 2. The molecule has 4 rings (SSSR count). The van der Waals surface area contributed by atoms with Gasteiger partial charge >= 0.3 is 0 Å². The second-order valence-electron chi connectivity index (χ2n) is 8.33. The van der Waals surface area contributed by atoms with Crippen LogP contribution >= 0.6 is 0 Å². The fourth-order valence-electron chi connectivity index (χ4n) is 3.97. The molecule has 158 valence electrons. The number of benzene rings is 2. The second-order valence-corrected chi connectivity index (χ2v) is 8.33. The van der Waals surface area contributed by atoms with Gasteiger partial charge in [-0.2, -0.15) is 0 Å². The second kappa shape index (κ2) is 8.88. The fourth-order valence-corrected chi connectivity index (χ4v) is 3.97. The van der Waals surface area contributed by atoms with Crippen molar-refractivity contribution in [3.63, 3.8) is 0 Å². The van der Waals surface area contributed by atoms with Crippen LogP contribution in [0.1, 0.15) is 34.3 Å². The van der Waals surface area contributed by atoms with E-state index in [9.17, 15) is 9.59 Å². The van der Waals surface area contributed by atoms with Gasteiger partial charge in [-0.1, -0.05) is 18.2 Å². The van der Waals surface area contributed by atoms with Gasteiger partial charge in [0.15, 0.2) is 0 Å². The standard InChI is InChI=1S/C24H29N3O3/c1-17-6-5-7-20(12-17)30-21-14-27(15-21)24(29)19-9-8-18(2)22(13-19)25-23(28)16-26-10-3-4-11-26/h5-9,12-13,21H,3-4,10-11,14-16H2,1-2H3,(H,25,28). The predicted molar refractivity (Wildman–Crippen MR) is 117 cm³/mol. The molecular formula is C24H29N3O3. The summed E-state index contributed by atoms with van der Waals surface area (Å²) in [6.45, 7) is 7.46. The number of rotatable bonds is 6. The van der Waals surface area contributed by atoms with Crippen LogP contribution in [0.2, 0.25) is 0 Å². The number of amides is 2. The van der Waals surface area contributed by atoms with Crippen LogP contribution in [0.3, 0.4) is 0 Å². The highest BCUT2D eigenvalue weighted by Gasteiger charge is 2.33. The van der Waals surface area contributed by atoms with E-state index in [1.54, 1.807) is 11.0 Å². The lowest BCUT2D eigenvalue weighted by Gasteiger charge is -2.39. The summed E-state index contributed by atoms with van der Waals surface area (Å²) in [5.74, 6) is 0.778. The van der Waals surface area contributed by atoms with Crippen molar-refractivity contribution >= 4 is 17.5 Å². The molecule has 2 aliphatic heterocycles. The van der Waals surface area contributed by atoms with Crippen LogP contribution in [0.5, 0.6) is 5.75 Å². The third kappa shape index (κ3) is 4.82. The third-order valence-electron chi connectivity index (χ3n) is 5.75. The summed E-state index contributed by atoms with van der Waals surface area (Å²) in [6.07, 6.45) is 2.32. The summed E-state index contributed by atoms with van der Waals surface area (Å²) in [5, 5.41) is 2.98. The van der Waals surface area contributed by atoms with E-state index in [-0.39, 0.29) is 17.9 Å². The van der Waals surface area contributed by atoms with Crippen LogP contribution in [0.4, 0.5) is 5.69 Å². The molecule has 2 amide bonds. The van der Waals surface area contributed by atoms with Crippen molar-refractivity contribution < 1.29 is 14.3 Å². The van der Waals surface area contributed by atoms with E-state index < -0.39 is 0 Å². The molecule has 6 heteroatoms. The molecule has 0 spiro atoms. The smallest absolute Gasteiger partial charge is 0.254 e. The number of aryl methyl sites for hydroxylation is 2. The van der Waals surface area contributed by atoms with E-state index in [1.807, 2.05) is 50.2 Å². The van der Waals surface area contributed by atoms with Gasteiger partial charge in [-0.25, -0.2) is 0 Å². The first-order valence-corrected chi connectivity index (χ1v) is 10.6. The zero-order valence-electron chi connectivity index (χ0n) is 17.7. The van der Waals surface area contributed by atoms with Gasteiger partial charge in [-0.05, 0) is 75.2 Å². The number of carbonyl (C=O) groups is 2.